The van der Waals surface area contributed by atoms with E-state index in [1.54, 1.807) is 25.1 Å². The first-order chi connectivity index (χ1) is 24.2. The molecule has 3 heterocycles. The van der Waals surface area contributed by atoms with Crippen molar-refractivity contribution >= 4 is 44.9 Å². The van der Waals surface area contributed by atoms with Gasteiger partial charge >= 0.3 is 6.09 Å². The van der Waals surface area contributed by atoms with Gasteiger partial charge in [0.05, 0.1) is 35.6 Å². The van der Waals surface area contributed by atoms with Gasteiger partial charge in [-0.15, -0.1) is 0 Å². The number of ether oxygens (including phenoxy) is 2. The number of amides is 4. The van der Waals surface area contributed by atoms with Gasteiger partial charge in [-0.3, -0.25) is 19.1 Å². The predicted molar refractivity (Wildman–Crippen MR) is 185 cm³/mol. The molecule has 2 saturated carbocycles. The Labute approximate surface area is 297 Å². The second kappa shape index (κ2) is 13.9. The molecule has 15 nitrogen and oxygen atoms in total. The molecule has 16 heteroatoms. The van der Waals surface area contributed by atoms with Crippen molar-refractivity contribution in [3.8, 4) is 11.6 Å². The Balaban J connectivity index is 1.33. The normalized spacial score (nSPS) is 30.5. The van der Waals surface area contributed by atoms with E-state index in [4.69, 9.17) is 9.47 Å². The van der Waals surface area contributed by atoms with Crippen molar-refractivity contribution in [1.82, 2.24) is 30.2 Å². The lowest BCUT2D eigenvalue weighted by Crippen LogP contribution is -2.59. The van der Waals surface area contributed by atoms with E-state index in [2.05, 4.69) is 25.3 Å². The summed E-state index contributed by atoms with van der Waals surface area (Å²) in [6, 6.07) is 2.90. The molecular formula is C35H46N6O9S. The number of nitrogens with zero attached hydrogens (tertiary/aromatic N) is 3. The summed E-state index contributed by atoms with van der Waals surface area (Å²) in [4.78, 5) is 64.8. The van der Waals surface area contributed by atoms with E-state index in [9.17, 15) is 32.7 Å². The summed E-state index contributed by atoms with van der Waals surface area (Å²) in [5.74, 6) is -2.04. The molecule has 1 aromatic heterocycles. The van der Waals surface area contributed by atoms with Crippen molar-refractivity contribution in [2.75, 3.05) is 13.7 Å². The molecule has 0 radical (unpaired) electrons. The molecule has 0 bridgehead atoms. The van der Waals surface area contributed by atoms with Crippen molar-refractivity contribution in [2.24, 2.45) is 17.8 Å². The largest absolute Gasteiger partial charge is 0.497 e. The zero-order valence-electron chi connectivity index (χ0n) is 29.3. The first-order valence-corrected chi connectivity index (χ1v) is 19.0. The fraction of sp³-hybridized carbons (Fsp3) is 0.600. The number of carbonyl (C=O) groups is 4. The smallest absolute Gasteiger partial charge is 0.405 e. The van der Waals surface area contributed by atoms with Crippen molar-refractivity contribution in [3.05, 3.63) is 36.5 Å². The van der Waals surface area contributed by atoms with E-state index in [0.29, 0.717) is 48.9 Å². The van der Waals surface area contributed by atoms with Crippen molar-refractivity contribution in [3.63, 3.8) is 0 Å². The van der Waals surface area contributed by atoms with Crippen LogP contribution in [-0.4, -0.2) is 94.3 Å². The van der Waals surface area contributed by atoms with E-state index in [-0.39, 0.29) is 37.1 Å². The molecule has 4 aliphatic rings. The summed E-state index contributed by atoms with van der Waals surface area (Å²) in [7, 11) is -2.46. The van der Waals surface area contributed by atoms with E-state index >= 15 is 0 Å². The van der Waals surface area contributed by atoms with E-state index in [1.807, 2.05) is 26.0 Å². The molecule has 51 heavy (non-hydrogen) atoms. The Morgan fingerprint density at radius 3 is 2.63 bits per heavy atom. The second-order valence-electron chi connectivity index (χ2n) is 14.6. The maximum absolute atomic E-state index is 14.4. The van der Waals surface area contributed by atoms with Gasteiger partial charge in [0.2, 0.25) is 27.7 Å². The van der Waals surface area contributed by atoms with Gasteiger partial charge in [-0.1, -0.05) is 32.4 Å². The van der Waals surface area contributed by atoms with Gasteiger partial charge in [0.1, 0.15) is 29.5 Å². The monoisotopic (exact) mass is 726 g/mol. The van der Waals surface area contributed by atoms with Crippen LogP contribution in [0.15, 0.2) is 36.5 Å². The van der Waals surface area contributed by atoms with Crippen LogP contribution in [0, 0.1) is 17.8 Å². The molecular weight excluding hydrogens is 680 g/mol. The van der Waals surface area contributed by atoms with Crippen LogP contribution in [-0.2, 0) is 24.4 Å². The summed E-state index contributed by atoms with van der Waals surface area (Å²) in [6.07, 6.45) is 6.61. The molecule has 1 aromatic carbocycles. The molecule has 4 amide bonds. The van der Waals surface area contributed by atoms with Gasteiger partial charge in [0, 0.05) is 18.4 Å². The number of carboxylic acid groups (broad SMARTS) is 1. The van der Waals surface area contributed by atoms with E-state index in [0.717, 1.165) is 6.42 Å². The maximum atomic E-state index is 14.4. The minimum Gasteiger partial charge on any atom is -0.497 e. The van der Waals surface area contributed by atoms with E-state index in [1.165, 1.54) is 18.2 Å². The summed E-state index contributed by atoms with van der Waals surface area (Å²) in [5.41, 5.74) is -0.428. The van der Waals surface area contributed by atoms with Crippen LogP contribution in [0.25, 0.3) is 11.0 Å². The number of nitrogens with one attached hydrogen (secondary N) is 3. The third kappa shape index (κ3) is 7.46. The highest BCUT2D eigenvalue weighted by Gasteiger charge is 2.63. The topological polar surface area (TPSA) is 206 Å². The number of rotatable bonds is 8. The van der Waals surface area contributed by atoms with Crippen LogP contribution < -0.4 is 24.8 Å². The van der Waals surface area contributed by atoms with Crippen LogP contribution in [0.1, 0.15) is 72.1 Å². The van der Waals surface area contributed by atoms with Crippen LogP contribution >= 0.6 is 0 Å². The average molecular weight is 727 g/mol. The molecule has 276 valence electrons. The van der Waals surface area contributed by atoms with Crippen LogP contribution in [0.5, 0.6) is 11.6 Å². The molecule has 2 aliphatic heterocycles. The lowest BCUT2D eigenvalue weighted by molar-refractivity contribution is -0.142. The summed E-state index contributed by atoms with van der Waals surface area (Å²) >= 11 is 0. The Hall–Kier alpha value is -4.47. The van der Waals surface area contributed by atoms with Gasteiger partial charge in [0.15, 0.2) is 0 Å². The molecule has 0 unspecified atom stereocenters. The highest BCUT2D eigenvalue weighted by Crippen LogP contribution is 2.47. The number of aromatic nitrogens is 2. The number of benzene rings is 1. The molecule has 1 saturated heterocycles. The molecule has 2 aliphatic carbocycles. The number of methoxy groups -OCH3 is 1. The molecule has 6 rings (SSSR count). The number of allylic oxidation sites excluding steroid dienone is 1. The second-order valence-corrected chi connectivity index (χ2v) is 16.8. The predicted octanol–water partition coefficient (Wildman–Crippen LogP) is 2.90. The van der Waals surface area contributed by atoms with E-state index < -0.39 is 68.2 Å². The lowest BCUT2D eigenvalue weighted by Gasteiger charge is -2.33. The molecule has 0 spiro atoms. The Bertz CT molecular complexity index is 1850. The van der Waals surface area contributed by atoms with Crippen molar-refractivity contribution in [1.29, 1.82) is 0 Å². The van der Waals surface area contributed by atoms with Gasteiger partial charge in [-0.2, -0.15) is 0 Å². The van der Waals surface area contributed by atoms with Crippen LogP contribution in [0.2, 0.25) is 0 Å². The van der Waals surface area contributed by atoms with Gasteiger partial charge in [-0.05, 0) is 69.4 Å². The van der Waals surface area contributed by atoms with Gasteiger partial charge in [-0.25, -0.2) is 23.2 Å². The number of carbonyl (C=O) groups excluding carboxylic acids is 3. The van der Waals surface area contributed by atoms with Crippen molar-refractivity contribution in [2.45, 2.75) is 101 Å². The number of hydrogen-bond acceptors (Lipinski definition) is 10. The summed E-state index contributed by atoms with van der Waals surface area (Å²) in [5, 5.41) is 15.1. The highest BCUT2D eigenvalue weighted by atomic mass is 32.2. The van der Waals surface area contributed by atoms with Crippen LogP contribution in [0.4, 0.5) is 4.79 Å². The standard InChI is InChI=1S/C35H46N6O9S/c1-5-21-14-20(2)8-6-7-9-22-17-35(22,32(44)40-51(47,48)34(3)12-13-34)39-30(42)27-16-24(19-41(27)31(43)29(21)38-33(45)46)50-28-18-36-25-11-10-23(49-4)15-26(25)37-28/h7,9-11,15,18,20-22,24,27,29,38H,5-6,8,12-14,16-17,19H2,1-4H3,(H,39,42)(H,40,44)(H,45,46)/t20-,21-,22-,24-,27+,29+,35-/m1/s1. The first kappa shape index (κ1) is 36.3. The first-order valence-electron chi connectivity index (χ1n) is 17.5. The van der Waals surface area contributed by atoms with Gasteiger partial charge in [0.25, 0.3) is 5.91 Å². The Morgan fingerprint density at radius 1 is 1.18 bits per heavy atom. The lowest BCUT2D eigenvalue weighted by atomic mass is 9.85. The zero-order valence-corrected chi connectivity index (χ0v) is 30.1. The highest BCUT2D eigenvalue weighted by molar-refractivity contribution is 7.91. The third-order valence-corrected chi connectivity index (χ3v) is 13.1. The summed E-state index contributed by atoms with van der Waals surface area (Å²) in [6.45, 7) is 5.44. The van der Waals surface area contributed by atoms with Crippen LogP contribution in [0.3, 0.4) is 0 Å². The van der Waals surface area contributed by atoms with Crippen molar-refractivity contribution < 1.29 is 42.2 Å². The maximum Gasteiger partial charge on any atom is 0.405 e. The average Bonchev–Trinajstić information content (AvgIpc) is 3.97. The minimum atomic E-state index is -4.00. The minimum absolute atomic E-state index is 0.00301. The quantitative estimate of drug-likeness (QED) is 0.291. The molecule has 2 aromatic rings. The molecule has 7 atom stereocenters. The Morgan fingerprint density at radius 2 is 1.94 bits per heavy atom. The SMILES string of the molecule is CC[C@@H]1C[C@H](C)CCC=C[C@@H]2C[C@@]2(C(=O)NS(=O)(=O)C2(C)CC2)NC(=O)[C@@H]2C[C@@H](Oc3cnc4ccc(OC)cc4n3)CN2C(=O)[C@H]1NC(=O)O. The summed E-state index contributed by atoms with van der Waals surface area (Å²) < 4.78 is 38.9. The van der Waals surface area contributed by atoms with Gasteiger partial charge < -0.3 is 30.1 Å². The number of hydrogen-bond donors (Lipinski definition) is 4. The molecule has 3 fully saturated rings. The fourth-order valence-electron chi connectivity index (χ4n) is 7.28. The fourth-order valence-corrected chi connectivity index (χ4v) is 8.59. The zero-order chi connectivity index (χ0) is 36.7. The number of fused-ring (bicyclic) bond motifs is 3. The third-order valence-electron chi connectivity index (χ3n) is 10.9. The number of sulfonamides is 1. The Kier molecular flexibility index (Phi) is 9.92. The molecule has 4 N–H and O–H groups in total.